The fraction of sp³-hybridized carbons (Fsp3) is 0. The van der Waals surface area contributed by atoms with Gasteiger partial charge in [0.05, 0.1) is 10.6 Å². The van der Waals surface area contributed by atoms with Crippen LogP contribution in [-0.2, 0) is 0 Å². The predicted molar refractivity (Wildman–Crippen MR) is 71.2 cm³/mol. The third-order valence-electron chi connectivity index (χ3n) is 2.40. The van der Waals surface area contributed by atoms with Crippen LogP contribution in [-0.4, -0.2) is 11.1 Å². The molecule has 0 N–H and O–H groups in total. The van der Waals surface area contributed by atoms with Crippen molar-refractivity contribution in [3.05, 3.63) is 63.2 Å². The molecule has 0 amide bonds. The average molecular weight is 276 g/mol. The second-order valence-corrected chi connectivity index (χ2v) is 4.10. The molecule has 0 aromatic heterocycles. The Morgan fingerprint density at radius 1 is 1.21 bits per heavy atom. The molecule has 0 saturated heterocycles. The van der Waals surface area contributed by atoms with Gasteiger partial charge < -0.3 is 5.11 Å². The van der Waals surface area contributed by atoms with E-state index in [9.17, 15) is 15.2 Å². The lowest BCUT2D eigenvalue weighted by Gasteiger charge is -2.08. The minimum absolute atomic E-state index is 0.00844. The highest BCUT2D eigenvalue weighted by atomic mass is 35.5. The monoisotopic (exact) mass is 275 g/mol. The molecule has 0 aliphatic rings. The molecule has 0 fully saturated rings. The SMILES string of the molecule is O=[N+]([O-])c1ccc([O-])c(N=Cc2ccccc2Cl)c1. The Balaban J connectivity index is 2.35. The van der Waals surface area contributed by atoms with Gasteiger partial charge in [-0.2, -0.15) is 0 Å². The summed E-state index contributed by atoms with van der Waals surface area (Å²) in [6.45, 7) is 0. The van der Waals surface area contributed by atoms with E-state index >= 15 is 0 Å². The van der Waals surface area contributed by atoms with Crippen LogP contribution in [0.25, 0.3) is 0 Å². The van der Waals surface area contributed by atoms with Gasteiger partial charge in [0.2, 0.25) is 0 Å². The van der Waals surface area contributed by atoms with Crippen LogP contribution in [0.2, 0.25) is 5.02 Å². The molecule has 0 aliphatic heterocycles. The quantitative estimate of drug-likeness (QED) is 0.490. The number of benzene rings is 2. The predicted octanol–water partition coefficient (Wildman–Crippen LogP) is 3.07. The fourth-order valence-electron chi connectivity index (χ4n) is 1.44. The van der Waals surface area contributed by atoms with Gasteiger partial charge in [0.25, 0.3) is 5.69 Å². The molecule has 0 atom stereocenters. The highest BCUT2D eigenvalue weighted by Crippen LogP contribution is 2.28. The Morgan fingerprint density at radius 3 is 2.63 bits per heavy atom. The van der Waals surface area contributed by atoms with Crippen molar-refractivity contribution in [3.8, 4) is 5.75 Å². The fourth-order valence-corrected chi connectivity index (χ4v) is 1.62. The Morgan fingerprint density at radius 2 is 1.95 bits per heavy atom. The normalized spacial score (nSPS) is 10.8. The number of hydrogen-bond acceptors (Lipinski definition) is 4. The summed E-state index contributed by atoms with van der Waals surface area (Å²) in [6, 6.07) is 10.4. The Hall–Kier alpha value is -2.40. The van der Waals surface area contributed by atoms with Crippen molar-refractivity contribution >= 4 is 29.2 Å². The number of nitro groups is 1. The summed E-state index contributed by atoms with van der Waals surface area (Å²) in [7, 11) is 0. The van der Waals surface area contributed by atoms with Crippen molar-refractivity contribution in [2.24, 2.45) is 4.99 Å². The minimum Gasteiger partial charge on any atom is -0.871 e. The molecule has 6 heteroatoms. The molecule has 0 bridgehead atoms. The van der Waals surface area contributed by atoms with Gasteiger partial charge >= 0.3 is 0 Å². The second-order valence-electron chi connectivity index (χ2n) is 3.69. The Kier molecular flexibility index (Phi) is 3.77. The van der Waals surface area contributed by atoms with E-state index in [1.807, 2.05) is 0 Å². The summed E-state index contributed by atoms with van der Waals surface area (Å²) in [6.07, 6.45) is 1.41. The standard InChI is InChI=1S/C13H9ClN2O3/c14-11-4-2-1-3-9(11)8-15-12-7-10(16(18)19)5-6-13(12)17/h1-8,17H/p-1. The van der Waals surface area contributed by atoms with Gasteiger partial charge in [-0.25, -0.2) is 0 Å². The summed E-state index contributed by atoms with van der Waals surface area (Å²) in [5, 5.41) is 22.6. The van der Waals surface area contributed by atoms with E-state index in [1.165, 1.54) is 6.21 Å². The zero-order valence-electron chi connectivity index (χ0n) is 9.62. The maximum absolute atomic E-state index is 11.5. The highest BCUT2D eigenvalue weighted by molar-refractivity contribution is 6.33. The number of halogens is 1. The maximum Gasteiger partial charge on any atom is 0.271 e. The van der Waals surface area contributed by atoms with Crippen molar-refractivity contribution in [1.29, 1.82) is 0 Å². The molecule has 5 nitrogen and oxygen atoms in total. The molecular weight excluding hydrogens is 268 g/mol. The lowest BCUT2D eigenvalue weighted by molar-refractivity contribution is -0.385. The number of nitrogens with zero attached hydrogens (tertiary/aromatic N) is 2. The van der Waals surface area contributed by atoms with Gasteiger partial charge in [-0.1, -0.05) is 41.6 Å². The van der Waals surface area contributed by atoms with E-state index in [0.717, 1.165) is 18.2 Å². The first-order valence-electron chi connectivity index (χ1n) is 5.32. The number of non-ortho nitro benzene ring substituents is 1. The molecule has 0 heterocycles. The average Bonchev–Trinajstić information content (AvgIpc) is 2.39. The molecule has 0 aliphatic carbocycles. The maximum atomic E-state index is 11.5. The molecule has 2 aromatic rings. The largest absolute Gasteiger partial charge is 0.871 e. The number of rotatable bonds is 3. The Bertz CT molecular complexity index is 656. The van der Waals surface area contributed by atoms with Crippen LogP contribution in [0.3, 0.4) is 0 Å². The molecule has 2 rings (SSSR count). The topological polar surface area (TPSA) is 78.6 Å². The molecule has 19 heavy (non-hydrogen) atoms. The van der Waals surface area contributed by atoms with Gasteiger partial charge in [-0.15, -0.1) is 0 Å². The van der Waals surface area contributed by atoms with Gasteiger partial charge in [-0.3, -0.25) is 15.1 Å². The smallest absolute Gasteiger partial charge is 0.271 e. The van der Waals surface area contributed by atoms with E-state index in [4.69, 9.17) is 11.6 Å². The molecule has 0 spiro atoms. The molecule has 2 aromatic carbocycles. The lowest BCUT2D eigenvalue weighted by Crippen LogP contribution is -1.93. The molecule has 0 saturated carbocycles. The Labute approximate surface area is 113 Å². The second kappa shape index (κ2) is 5.49. The summed E-state index contributed by atoms with van der Waals surface area (Å²) < 4.78 is 0. The first-order valence-corrected chi connectivity index (χ1v) is 5.70. The zero-order valence-corrected chi connectivity index (χ0v) is 10.4. The summed E-state index contributed by atoms with van der Waals surface area (Å²) in [5.74, 6) is -0.381. The van der Waals surface area contributed by atoms with E-state index in [2.05, 4.69) is 4.99 Å². The third-order valence-corrected chi connectivity index (χ3v) is 2.75. The molecule has 0 unspecified atom stereocenters. The summed E-state index contributed by atoms with van der Waals surface area (Å²) in [5.41, 5.74) is 0.468. The minimum atomic E-state index is -0.575. The zero-order chi connectivity index (χ0) is 13.8. The number of aliphatic imine (C=N–C) groups is 1. The van der Waals surface area contributed by atoms with Crippen LogP contribution < -0.4 is 5.11 Å². The molecule has 96 valence electrons. The first kappa shape index (κ1) is 13.0. The number of nitro benzene ring substituents is 1. The summed E-state index contributed by atoms with van der Waals surface area (Å²) in [4.78, 5) is 14.0. The van der Waals surface area contributed by atoms with Crippen LogP contribution in [0.15, 0.2) is 47.5 Å². The van der Waals surface area contributed by atoms with Crippen LogP contribution in [0.1, 0.15) is 5.56 Å². The van der Waals surface area contributed by atoms with E-state index in [-0.39, 0.29) is 17.1 Å². The van der Waals surface area contributed by atoms with Crippen molar-refractivity contribution in [1.82, 2.24) is 0 Å². The highest BCUT2D eigenvalue weighted by Gasteiger charge is 2.05. The summed E-state index contributed by atoms with van der Waals surface area (Å²) >= 11 is 5.93. The third kappa shape index (κ3) is 3.08. The van der Waals surface area contributed by atoms with Crippen molar-refractivity contribution in [2.75, 3.05) is 0 Å². The van der Waals surface area contributed by atoms with Crippen LogP contribution >= 0.6 is 11.6 Å². The first-order chi connectivity index (χ1) is 9.08. The van der Waals surface area contributed by atoms with Gasteiger partial charge in [-0.05, 0) is 6.07 Å². The van der Waals surface area contributed by atoms with Crippen LogP contribution in [0, 0.1) is 10.1 Å². The lowest BCUT2D eigenvalue weighted by atomic mass is 10.2. The van der Waals surface area contributed by atoms with Crippen LogP contribution in [0.5, 0.6) is 5.75 Å². The molecular formula is C13H8ClN2O3-. The number of hydrogen-bond donors (Lipinski definition) is 0. The van der Waals surface area contributed by atoms with E-state index < -0.39 is 4.92 Å². The van der Waals surface area contributed by atoms with Gasteiger partial charge in [0.1, 0.15) is 0 Å². The van der Waals surface area contributed by atoms with Crippen LogP contribution in [0.4, 0.5) is 11.4 Å². The van der Waals surface area contributed by atoms with Crippen molar-refractivity contribution in [2.45, 2.75) is 0 Å². The molecule has 0 radical (unpaired) electrons. The van der Waals surface area contributed by atoms with E-state index in [0.29, 0.717) is 10.6 Å². The van der Waals surface area contributed by atoms with E-state index in [1.54, 1.807) is 24.3 Å². The van der Waals surface area contributed by atoms with Crippen molar-refractivity contribution in [3.63, 3.8) is 0 Å². The van der Waals surface area contributed by atoms with Gasteiger partial charge in [0.15, 0.2) is 0 Å². The van der Waals surface area contributed by atoms with Gasteiger partial charge in [0, 0.05) is 28.9 Å². The van der Waals surface area contributed by atoms with Crippen molar-refractivity contribution < 1.29 is 10.0 Å².